The first-order valence-electron chi connectivity index (χ1n) is 6.44. The highest BCUT2D eigenvalue weighted by Crippen LogP contribution is 2.08. The van der Waals surface area contributed by atoms with Crippen LogP contribution in [0.1, 0.15) is 5.56 Å². The third-order valence-electron chi connectivity index (χ3n) is 2.52. The zero-order chi connectivity index (χ0) is 14.8. The number of hydrogen-bond donors (Lipinski definition) is 3. The summed E-state index contributed by atoms with van der Waals surface area (Å²) in [5.41, 5.74) is 1.79. The molecule has 0 fully saturated rings. The lowest BCUT2D eigenvalue weighted by Gasteiger charge is -2.08. The van der Waals surface area contributed by atoms with Gasteiger partial charge in [0, 0.05) is 19.3 Å². The second kappa shape index (κ2) is 9.06. The number of anilines is 1. The van der Waals surface area contributed by atoms with Gasteiger partial charge in [0.15, 0.2) is 0 Å². The normalized spacial score (nSPS) is 10.1. The van der Waals surface area contributed by atoms with Crippen molar-refractivity contribution in [1.82, 2.24) is 10.6 Å². The largest absolute Gasteiger partial charge is 0.383 e. The summed E-state index contributed by atoms with van der Waals surface area (Å²) < 4.78 is 4.84. The van der Waals surface area contributed by atoms with Gasteiger partial charge in [0.05, 0.1) is 19.7 Å². The van der Waals surface area contributed by atoms with Gasteiger partial charge < -0.3 is 20.7 Å². The third-order valence-corrected chi connectivity index (χ3v) is 2.52. The topological polar surface area (TPSA) is 79.5 Å². The number of rotatable bonds is 8. The van der Waals surface area contributed by atoms with E-state index in [9.17, 15) is 9.59 Å². The van der Waals surface area contributed by atoms with E-state index >= 15 is 0 Å². The van der Waals surface area contributed by atoms with Crippen molar-refractivity contribution in [2.75, 3.05) is 38.7 Å². The van der Waals surface area contributed by atoms with Crippen LogP contribution in [0.2, 0.25) is 0 Å². The molecule has 0 unspecified atom stereocenters. The van der Waals surface area contributed by atoms with Crippen molar-refractivity contribution >= 4 is 17.5 Å². The summed E-state index contributed by atoms with van der Waals surface area (Å²) in [6.45, 7) is 3.21. The number of carbonyl (C=O) groups is 2. The van der Waals surface area contributed by atoms with E-state index in [2.05, 4.69) is 16.0 Å². The minimum atomic E-state index is -0.249. The molecular weight excluding hydrogens is 258 g/mol. The van der Waals surface area contributed by atoms with Gasteiger partial charge in [-0.2, -0.15) is 0 Å². The molecule has 1 rings (SSSR count). The Labute approximate surface area is 118 Å². The molecular formula is C14H21N3O3. The lowest BCUT2D eigenvalue weighted by atomic mass is 10.2. The monoisotopic (exact) mass is 279 g/mol. The van der Waals surface area contributed by atoms with Crippen LogP contribution in [0.3, 0.4) is 0 Å². The molecule has 110 valence electrons. The number of methoxy groups -OCH3 is 1. The number of carbonyl (C=O) groups excluding carboxylic acids is 2. The molecule has 1 aromatic carbocycles. The predicted octanol–water partition coefficient (Wildman–Crippen LogP) is 0.286. The lowest BCUT2D eigenvalue weighted by Crippen LogP contribution is -2.39. The summed E-state index contributed by atoms with van der Waals surface area (Å²) in [5.74, 6) is -0.471. The van der Waals surface area contributed by atoms with E-state index in [1.807, 2.05) is 25.1 Å². The van der Waals surface area contributed by atoms with Gasteiger partial charge in [-0.05, 0) is 24.6 Å². The molecule has 0 radical (unpaired) electrons. The molecule has 0 aliphatic rings. The van der Waals surface area contributed by atoms with E-state index in [4.69, 9.17) is 4.74 Å². The van der Waals surface area contributed by atoms with E-state index < -0.39 is 0 Å². The molecule has 0 aromatic heterocycles. The first-order chi connectivity index (χ1) is 9.61. The zero-order valence-corrected chi connectivity index (χ0v) is 11.9. The fourth-order valence-electron chi connectivity index (χ4n) is 1.55. The van der Waals surface area contributed by atoms with Gasteiger partial charge in [0.25, 0.3) is 0 Å². The Morgan fingerprint density at radius 1 is 1.20 bits per heavy atom. The molecule has 6 heteroatoms. The molecule has 0 aliphatic carbocycles. The van der Waals surface area contributed by atoms with Crippen LogP contribution in [0.5, 0.6) is 0 Å². The number of benzene rings is 1. The van der Waals surface area contributed by atoms with Crippen molar-refractivity contribution in [3.63, 3.8) is 0 Å². The zero-order valence-electron chi connectivity index (χ0n) is 11.9. The average Bonchev–Trinajstić information content (AvgIpc) is 2.41. The highest BCUT2D eigenvalue weighted by Gasteiger charge is 2.05. The van der Waals surface area contributed by atoms with E-state index in [1.54, 1.807) is 13.2 Å². The lowest BCUT2D eigenvalue weighted by molar-refractivity contribution is -0.123. The second-order valence-electron chi connectivity index (χ2n) is 4.36. The minimum absolute atomic E-state index is 0.0429. The van der Waals surface area contributed by atoms with E-state index in [0.29, 0.717) is 13.2 Å². The van der Waals surface area contributed by atoms with Crippen LogP contribution in [-0.4, -0.2) is 45.2 Å². The van der Waals surface area contributed by atoms with Crippen LogP contribution >= 0.6 is 0 Å². The SMILES string of the molecule is COCCNCC(=O)NCC(=O)Nc1cccc(C)c1. The van der Waals surface area contributed by atoms with Crippen molar-refractivity contribution < 1.29 is 14.3 Å². The first kappa shape index (κ1) is 16.1. The number of hydrogen-bond acceptors (Lipinski definition) is 4. The molecule has 0 atom stereocenters. The minimum Gasteiger partial charge on any atom is -0.383 e. The fraction of sp³-hybridized carbons (Fsp3) is 0.429. The Balaban J connectivity index is 2.21. The Hall–Kier alpha value is -1.92. The molecule has 1 aromatic rings. The summed E-state index contributed by atoms with van der Waals surface area (Å²) >= 11 is 0. The molecule has 0 spiro atoms. The highest BCUT2D eigenvalue weighted by atomic mass is 16.5. The Morgan fingerprint density at radius 2 is 2.00 bits per heavy atom. The summed E-state index contributed by atoms with van der Waals surface area (Å²) in [6.07, 6.45) is 0. The van der Waals surface area contributed by atoms with E-state index in [-0.39, 0.29) is 24.9 Å². The quantitative estimate of drug-likeness (QED) is 0.597. The summed E-state index contributed by atoms with van der Waals surface area (Å²) in [6, 6.07) is 7.48. The van der Waals surface area contributed by atoms with Gasteiger partial charge in [0.1, 0.15) is 0 Å². The summed E-state index contributed by atoms with van der Waals surface area (Å²) in [5, 5.41) is 8.16. The fourth-order valence-corrected chi connectivity index (χ4v) is 1.55. The molecule has 3 N–H and O–H groups in total. The molecule has 0 aliphatic heterocycles. The molecule has 2 amide bonds. The maximum atomic E-state index is 11.6. The van der Waals surface area contributed by atoms with Gasteiger partial charge in [-0.15, -0.1) is 0 Å². The molecule has 0 saturated carbocycles. The third kappa shape index (κ3) is 6.86. The number of amides is 2. The van der Waals surface area contributed by atoms with Crippen LogP contribution in [0, 0.1) is 6.92 Å². The van der Waals surface area contributed by atoms with Gasteiger partial charge >= 0.3 is 0 Å². The van der Waals surface area contributed by atoms with Gasteiger partial charge in [-0.25, -0.2) is 0 Å². The Morgan fingerprint density at radius 3 is 2.70 bits per heavy atom. The van der Waals surface area contributed by atoms with Crippen LogP contribution in [0.4, 0.5) is 5.69 Å². The van der Waals surface area contributed by atoms with Crippen LogP contribution in [0.15, 0.2) is 24.3 Å². The smallest absolute Gasteiger partial charge is 0.243 e. The van der Waals surface area contributed by atoms with Crippen LogP contribution < -0.4 is 16.0 Å². The molecule has 0 saturated heterocycles. The van der Waals surface area contributed by atoms with E-state index in [1.165, 1.54) is 0 Å². The maximum absolute atomic E-state index is 11.6. The molecule has 6 nitrogen and oxygen atoms in total. The number of nitrogens with one attached hydrogen (secondary N) is 3. The van der Waals surface area contributed by atoms with Gasteiger partial charge in [-0.1, -0.05) is 12.1 Å². The van der Waals surface area contributed by atoms with Crippen LogP contribution in [0.25, 0.3) is 0 Å². The predicted molar refractivity (Wildman–Crippen MR) is 77.6 cm³/mol. The molecule has 0 heterocycles. The van der Waals surface area contributed by atoms with Crippen molar-refractivity contribution in [3.05, 3.63) is 29.8 Å². The number of aryl methyl sites for hydroxylation is 1. The number of ether oxygens (including phenoxy) is 1. The molecule has 20 heavy (non-hydrogen) atoms. The standard InChI is InChI=1S/C14H21N3O3/c1-11-4-3-5-12(8-11)17-14(19)10-16-13(18)9-15-6-7-20-2/h3-5,8,15H,6-7,9-10H2,1-2H3,(H,16,18)(H,17,19). The maximum Gasteiger partial charge on any atom is 0.243 e. The van der Waals surface area contributed by atoms with Gasteiger partial charge in [-0.3, -0.25) is 9.59 Å². The second-order valence-corrected chi connectivity index (χ2v) is 4.36. The van der Waals surface area contributed by atoms with E-state index in [0.717, 1.165) is 11.3 Å². The average molecular weight is 279 g/mol. The van der Waals surface area contributed by atoms with Crippen molar-refractivity contribution in [3.8, 4) is 0 Å². The van der Waals surface area contributed by atoms with Crippen molar-refractivity contribution in [1.29, 1.82) is 0 Å². The highest BCUT2D eigenvalue weighted by molar-refractivity contribution is 5.94. The molecule has 0 bridgehead atoms. The van der Waals surface area contributed by atoms with Crippen molar-refractivity contribution in [2.45, 2.75) is 6.92 Å². The summed E-state index contributed by atoms with van der Waals surface area (Å²) in [7, 11) is 1.59. The van der Waals surface area contributed by atoms with Gasteiger partial charge in [0.2, 0.25) is 11.8 Å². The summed E-state index contributed by atoms with van der Waals surface area (Å²) in [4.78, 5) is 23.1. The van der Waals surface area contributed by atoms with Crippen molar-refractivity contribution in [2.24, 2.45) is 0 Å². The first-order valence-corrected chi connectivity index (χ1v) is 6.44. The Kier molecular flexibility index (Phi) is 7.31. The van der Waals surface area contributed by atoms with Crippen LogP contribution in [-0.2, 0) is 14.3 Å². The Bertz CT molecular complexity index is 449.